The number of fused-ring (bicyclic) bond motifs is 3. The predicted octanol–water partition coefficient (Wildman–Crippen LogP) is 3.79. The van der Waals surface area contributed by atoms with Gasteiger partial charge >= 0.3 is 18.1 Å². The van der Waals surface area contributed by atoms with Crippen molar-refractivity contribution in [1.29, 1.82) is 0 Å². The van der Waals surface area contributed by atoms with Gasteiger partial charge in [-0.05, 0) is 29.6 Å². The number of ether oxygens (including phenoxy) is 3. The summed E-state index contributed by atoms with van der Waals surface area (Å²) < 4.78 is 54.2. The molecule has 0 spiro atoms. The number of methoxy groups -OCH3 is 2. The summed E-state index contributed by atoms with van der Waals surface area (Å²) in [7, 11) is 2.86. The van der Waals surface area contributed by atoms with Gasteiger partial charge in [-0.25, -0.2) is 14.6 Å². The number of benzene rings is 1. The van der Waals surface area contributed by atoms with Gasteiger partial charge in [0.2, 0.25) is 11.7 Å². The number of rotatable bonds is 10. The van der Waals surface area contributed by atoms with Crippen LogP contribution in [0.3, 0.4) is 0 Å². The number of carboxylic acids is 1. The molecule has 260 valence electrons. The molecule has 7 rings (SSSR count). The van der Waals surface area contributed by atoms with Crippen LogP contribution >= 0.6 is 11.3 Å². The fourth-order valence-electron chi connectivity index (χ4n) is 5.90. The van der Waals surface area contributed by atoms with Crippen LogP contribution in [0.4, 0.5) is 18.9 Å². The number of carboxylic acid groups (broad SMARTS) is 1. The van der Waals surface area contributed by atoms with E-state index in [1.54, 1.807) is 29.8 Å². The van der Waals surface area contributed by atoms with Crippen LogP contribution in [0.1, 0.15) is 39.9 Å². The number of aromatic nitrogens is 3. The Morgan fingerprint density at radius 1 is 1.10 bits per heavy atom. The zero-order chi connectivity index (χ0) is 35.2. The first-order valence-corrected chi connectivity index (χ1v) is 15.9. The zero-order valence-corrected chi connectivity index (χ0v) is 27.2. The van der Waals surface area contributed by atoms with Crippen molar-refractivity contribution in [2.75, 3.05) is 39.2 Å². The van der Waals surface area contributed by atoms with Crippen LogP contribution in [0.15, 0.2) is 64.6 Å². The lowest BCUT2D eigenvalue weighted by Crippen LogP contribution is -2.64. The van der Waals surface area contributed by atoms with Crippen molar-refractivity contribution in [3.8, 4) is 17.3 Å². The maximum Gasteiger partial charge on any atom is 0.430 e. The Morgan fingerprint density at radius 2 is 1.82 bits per heavy atom. The first kappa shape index (κ1) is 35.3. The van der Waals surface area contributed by atoms with Gasteiger partial charge in [0.1, 0.15) is 23.9 Å². The highest BCUT2D eigenvalue weighted by molar-refractivity contribution is 7.12. The predicted molar refractivity (Wildman–Crippen MR) is 165 cm³/mol. The van der Waals surface area contributed by atoms with Crippen LogP contribution in [0.25, 0.3) is 11.5 Å². The van der Waals surface area contributed by atoms with Crippen molar-refractivity contribution in [2.45, 2.75) is 37.7 Å². The molecule has 4 aromatic rings. The SMILES string of the molecule is COC(=O)c1sccc1NC(C(=O)O[C@H]1C[N+]2(Cc3noc(-c4ccccc4)n3)CCC1CC2)c1ccc(OC)nc1.O=C([O-])C(F)(F)F. The van der Waals surface area contributed by atoms with E-state index in [1.807, 2.05) is 30.3 Å². The van der Waals surface area contributed by atoms with Gasteiger partial charge in [0.25, 0.3) is 5.89 Å². The summed E-state index contributed by atoms with van der Waals surface area (Å²) in [6, 6.07) is 14.0. The van der Waals surface area contributed by atoms with Gasteiger partial charge < -0.3 is 38.4 Å². The van der Waals surface area contributed by atoms with E-state index in [1.165, 1.54) is 25.6 Å². The van der Waals surface area contributed by atoms with Crippen LogP contribution in [0, 0.1) is 5.92 Å². The van der Waals surface area contributed by atoms with E-state index < -0.39 is 30.1 Å². The molecule has 1 N–H and O–H groups in total. The fraction of sp³-hybridized carbons (Fsp3) is 0.375. The number of quaternary nitrogens is 1. The van der Waals surface area contributed by atoms with Gasteiger partial charge in [-0.2, -0.15) is 18.2 Å². The number of carbonyl (C=O) groups is 3. The number of pyridine rings is 1. The highest BCUT2D eigenvalue weighted by Crippen LogP contribution is 2.38. The summed E-state index contributed by atoms with van der Waals surface area (Å²) in [5.41, 5.74) is 1.97. The number of carbonyl (C=O) groups excluding carboxylic acids is 3. The molecule has 6 heterocycles. The number of piperidine rings is 3. The summed E-state index contributed by atoms with van der Waals surface area (Å²) >= 11 is 1.24. The molecule has 1 unspecified atom stereocenters. The van der Waals surface area contributed by atoms with Crippen LogP contribution in [-0.4, -0.2) is 83.6 Å². The smallest absolute Gasteiger partial charge is 0.430 e. The Labute approximate surface area is 282 Å². The lowest BCUT2D eigenvalue weighted by Gasteiger charge is -2.51. The van der Waals surface area contributed by atoms with E-state index in [-0.39, 0.29) is 12.0 Å². The standard InChI is InChI=1S/C30H31N5O6S.C2HF3O2/c1-38-25-9-8-21(16-31-25)26(32-22-12-15-42-27(22)30(37)39-2)29(36)40-23-17-35(13-10-19(23)11-14-35)18-24-33-28(41-34-24)20-6-4-3-5-7-20;3-2(4,5)1(6)7/h3-9,12,15-16,19,23,26H,10-11,13-14,17-18H2,1-2H3;(H,6,7)/t19?,23-,26?,35?;/m0./s1. The van der Waals surface area contributed by atoms with E-state index in [0.29, 0.717) is 46.8 Å². The number of hydrogen-bond acceptors (Lipinski definition) is 13. The van der Waals surface area contributed by atoms with E-state index >= 15 is 0 Å². The number of hydrogen-bond donors (Lipinski definition) is 1. The van der Waals surface area contributed by atoms with Crippen LogP contribution in [0.2, 0.25) is 0 Å². The number of alkyl halides is 3. The number of nitrogens with one attached hydrogen (secondary N) is 1. The Hall–Kier alpha value is -5.03. The van der Waals surface area contributed by atoms with Crippen LogP contribution in [0.5, 0.6) is 5.88 Å². The molecule has 2 bridgehead atoms. The zero-order valence-electron chi connectivity index (χ0n) is 26.3. The number of halogens is 3. The van der Waals surface area contributed by atoms with Crippen molar-refractivity contribution in [3.05, 3.63) is 76.4 Å². The summed E-state index contributed by atoms with van der Waals surface area (Å²) in [6.07, 6.45) is -1.99. The number of nitrogens with zero attached hydrogens (tertiary/aromatic N) is 4. The van der Waals surface area contributed by atoms with Gasteiger partial charge in [-0.3, -0.25) is 0 Å². The third-order valence-corrected chi connectivity index (χ3v) is 9.27. The molecule has 3 aliphatic rings. The minimum absolute atomic E-state index is 0.265. The topological polar surface area (TPSA) is 166 Å². The third kappa shape index (κ3) is 8.53. The maximum atomic E-state index is 13.8. The molecule has 0 saturated carbocycles. The minimum Gasteiger partial charge on any atom is -0.542 e. The van der Waals surface area contributed by atoms with Crippen molar-refractivity contribution in [2.24, 2.45) is 5.92 Å². The Kier molecular flexibility index (Phi) is 10.8. The van der Waals surface area contributed by atoms with Gasteiger partial charge in [0, 0.05) is 42.1 Å². The normalized spacial score (nSPS) is 20.3. The minimum atomic E-state index is -5.19. The third-order valence-electron chi connectivity index (χ3n) is 8.38. The van der Waals surface area contributed by atoms with Gasteiger partial charge in [-0.1, -0.05) is 23.4 Å². The number of thiophene rings is 1. The molecule has 3 fully saturated rings. The first-order valence-electron chi connectivity index (χ1n) is 15.1. The molecule has 0 aliphatic carbocycles. The Balaban J connectivity index is 0.000000606. The largest absolute Gasteiger partial charge is 0.542 e. The summed E-state index contributed by atoms with van der Waals surface area (Å²) in [6.45, 7) is 3.22. The van der Waals surface area contributed by atoms with E-state index in [2.05, 4.69) is 20.4 Å². The lowest BCUT2D eigenvalue weighted by atomic mass is 9.83. The highest BCUT2D eigenvalue weighted by Gasteiger charge is 2.49. The molecular weight excluding hydrogens is 671 g/mol. The number of esters is 2. The van der Waals surface area contributed by atoms with Gasteiger partial charge in [-0.15, -0.1) is 11.3 Å². The van der Waals surface area contributed by atoms with Crippen LogP contribution < -0.4 is 15.2 Å². The molecule has 13 nitrogen and oxygen atoms in total. The van der Waals surface area contributed by atoms with Gasteiger partial charge in [0.15, 0.2) is 12.1 Å². The van der Waals surface area contributed by atoms with E-state index in [0.717, 1.165) is 36.0 Å². The quantitative estimate of drug-likeness (QED) is 0.188. The number of anilines is 1. The second kappa shape index (κ2) is 15.0. The first-order chi connectivity index (χ1) is 23.4. The fourth-order valence-corrected chi connectivity index (χ4v) is 6.67. The average molecular weight is 704 g/mol. The van der Waals surface area contributed by atoms with Crippen molar-refractivity contribution >= 4 is 34.9 Å². The molecule has 3 aliphatic heterocycles. The monoisotopic (exact) mass is 703 g/mol. The summed E-state index contributed by atoms with van der Waals surface area (Å²) in [5.74, 6) is -2.07. The van der Waals surface area contributed by atoms with E-state index in [4.69, 9.17) is 28.6 Å². The van der Waals surface area contributed by atoms with Crippen molar-refractivity contribution in [1.82, 2.24) is 15.1 Å². The average Bonchev–Trinajstić information content (AvgIpc) is 3.77. The molecule has 49 heavy (non-hydrogen) atoms. The Morgan fingerprint density at radius 3 is 2.43 bits per heavy atom. The van der Waals surface area contributed by atoms with Crippen molar-refractivity contribution < 1.29 is 55.9 Å². The molecule has 1 aromatic carbocycles. The van der Waals surface area contributed by atoms with Gasteiger partial charge in [0.05, 0.1) is 33.0 Å². The molecule has 17 heteroatoms. The molecule has 3 saturated heterocycles. The van der Waals surface area contributed by atoms with E-state index in [9.17, 15) is 22.8 Å². The summed E-state index contributed by atoms with van der Waals surface area (Å²) in [5, 5.41) is 18.0. The lowest BCUT2D eigenvalue weighted by molar-refractivity contribution is -0.958. The molecule has 3 aromatic heterocycles. The Bertz CT molecular complexity index is 1740. The second-order valence-electron chi connectivity index (χ2n) is 11.5. The number of aliphatic carboxylic acids is 1. The summed E-state index contributed by atoms with van der Waals surface area (Å²) in [4.78, 5) is 44.3. The molecular formula is C32H32F3N5O8S. The molecule has 2 atom stereocenters. The molecule has 0 radical (unpaired) electrons. The maximum absolute atomic E-state index is 13.8. The second-order valence-corrected chi connectivity index (χ2v) is 12.4. The van der Waals surface area contributed by atoms with Crippen molar-refractivity contribution in [3.63, 3.8) is 0 Å². The van der Waals surface area contributed by atoms with Crippen LogP contribution in [-0.2, 0) is 25.6 Å². The highest BCUT2D eigenvalue weighted by atomic mass is 32.1. The molecule has 0 amide bonds.